The topological polar surface area (TPSA) is 131 Å². The van der Waals surface area contributed by atoms with Crippen LogP contribution in [0.4, 0.5) is 26.3 Å². The van der Waals surface area contributed by atoms with Crippen molar-refractivity contribution in [2.45, 2.75) is 57.7 Å². The van der Waals surface area contributed by atoms with Gasteiger partial charge >= 0.3 is 24.3 Å². The van der Waals surface area contributed by atoms with E-state index in [-0.39, 0.29) is 0 Å². The minimum atomic E-state index is -5.08. The van der Waals surface area contributed by atoms with E-state index in [0.29, 0.717) is 5.92 Å². The zero-order valence-corrected chi connectivity index (χ0v) is 20.2. The first-order chi connectivity index (χ1) is 17.7. The predicted molar refractivity (Wildman–Crippen MR) is 118 cm³/mol. The molecule has 1 unspecified atom stereocenters. The third-order valence-electron chi connectivity index (χ3n) is 5.38. The molecule has 3 heterocycles. The van der Waals surface area contributed by atoms with E-state index in [2.05, 4.69) is 43.9 Å². The van der Waals surface area contributed by atoms with E-state index in [1.54, 1.807) is 0 Å². The van der Waals surface area contributed by atoms with E-state index < -0.39 is 24.3 Å². The second-order valence-electron chi connectivity index (χ2n) is 8.53. The summed E-state index contributed by atoms with van der Waals surface area (Å²) in [6, 6.07) is 4.16. The molecule has 1 fully saturated rings. The molecule has 2 aromatic rings. The molecule has 212 valence electrons. The number of halogens is 6. The van der Waals surface area contributed by atoms with E-state index in [0.717, 1.165) is 51.0 Å². The fraction of sp³-hybridized carbons (Fsp3) is 0.591. The normalized spacial score (nSPS) is 17.4. The molecule has 2 aliphatic rings. The SMILES string of the molecule is CCOCC1CN(Cc2ccncc2)Cc2nnn(CC3CC3)c21.O=C(O)C(F)(F)F.O=C(O)C(F)(F)F. The van der Waals surface area contributed by atoms with Crippen molar-refractivity contribution >= 4 is 11.9 Å². The largest absolute Gasteiger partial charge is 0.490 e. The first kappa shape index (κ1) is 31.0. The second kappa shape index (κ2) is 13.5. The summed E-state index contributed by atoms with van der Waals surface area (Å²) in [5.41, 5.74) is 3.72. The number of carbonyl (C=O) groups is 2. The lowest BCUT2D eigenvalue weighted by molar-refractivity contribution is -0.193. The van der Waals surface area contributed by atoms with Crippen molar-refractivity contribution in [2.24, 2.45) is 5.92 Å². The van der Waals surface area contributed by atoms with Crippen molar-refractivity contribution < 1.29 is 50.9 Å². The van der Waals surface area contributed by atoms with Crippen LogP contribution in [-0.2, 0) is 34.0 Å². The minimum Gasteiger partial charge on any atom is -0.475 e. The smallest absolute Gasteiger partial charge is 0.475 e. The first-order valence-electron chi connectivity index (χ1n) is 11.4. The van der Waals surface area contributed by atoms with E-state index in [1.165, 1.54) is 24.1 Å². The summed E-state index contributed by atoms with van der Waals surface area (Å²) in [4.78, 5) is 24.3. The molecule has 1 atom stereocenters. The number of aromatic nitrogens is 4. The van der Waals surface area contributed by atoms with Crippen LogP contribution in [0.1, 0.15) is 42.6 Å². The number of ether oxygens (including phenoxy) is 1. The average Bonchev–Trinajstić information content (AvgIpc) is 3.56. The van der Waals surface area contributed by atoms with Gasteiger partial charge in [0, 0.05) is 51.1 Å². The first-order valence-corrected chi connectivity index (χ1v) is 11.4. The summed E-state index contributed by atoms with van der Waals surface area (Å²) >= 11 is 0. The molecule has 1 aliphatic heterocycles. The second-order valence-corrected chi connectivity index (χ2v) is 8.53. The Hall–Kier alpha value is -3.27. The van der Waals surface area contributed by atoms with Crippen molar-refractivity contribution in [2.75, 3.05) is 19.8 Å². The van der Waals surface area contributed by atoms with Gasteiger partial charge in [0.1, 0.15) is 5.69 Å². The summed E-state index contributed by atoms with van der Waals surface area (Å²) in [6.07, 6.45) is -3.79. The van der Waals surface area contributed by atoms with Crippen molar-refractivity contribution in [3.8, 4) is 0 Å². The van der Waals surface area contributed by atoms with Crippen LogP contribution in [0, 0.1) is 5.92 Å². The molecule has 0 bridgehead atoms. The lowest BCUT2D eigenvalue weighted by Crippen LogP contribution is -2.36. The van der Waals surface area contributed by atoms with Gasteiger partial charge < -0.3 is 14.9 Å². The highest BCUT2D eigenvalue weighted by atomic mass is 19.4. The Morgan fingerprint density at radius 3 is 2.08 bits per heavy atom. The molecule has 4 rings (SSSR count). The number of hydrogen-bond acceptors (Lipinski definition) is 7. The fourth-order valence-electron chi connectivity index (χ4n) is 3.53. The Labute approximate surface area is 213 Å². The summed E-state index contributed by atoms with van der Waals surface area (Å²) < 4.78 is 71.4. The number of fused-ring (bicyclic) bond motifs is 1. The Morgan fingerprint density at radius 1 is 1.05 bits per heavy atom. The van der Waals surface area contributed by atoms with Gasteiger partial charge in [-0.15, -0.1) is 5.10 Å². The third kappa shape index (κ3) is 10.2. The maximum atomic E-state index is 10.6. The number of hydrogen-bond donors (Lipinski definition) is 2. The van der Waals surface area contributed by atoms with Gasteiger partial charge in [0.05, 0.1) is 12.3 Å². The molecule has 1 saturated carbocycles. The van der Waals surface area contributed by atoms with E-state index >= 15 is 0 Å². The minimum absolute atomic E-state index is 0.351. The molecule has 0 saturated heterocycles. The fourth-order valence-corrected chi connectivity index (χ4v) is 3.53. The number of carboxylic acids is 2. The van der Waals surface area contributed by atoms with E-state index in [1.807, 2.05) is 12.4 Å². The van der Waals surface area contributed by atoms with Gasteiger partial charge in [-0.05, 0) is 43.4 Å². The lowest BCUT2D eigenvalue weighted by Gasteiger charge is -2.32. The van der Waals surface area contributed by atoms with Gasteiger partial charge in [-0.3, -0.25) is 9.88 Å². The number of alkyl halides is 6. The van der Waals surface area contributed by atoms with Gasteiger partial charge in [-0.2, -0.15) is 26.3 Å². The molecule has 16 heteroatoms. The molecular weight excluding hydrogens is 528 g/mol. The quantitative estimate of drug-likeness (QED) is 0.493. The van der Waals surface area contributed by atoms with Crippen molar-refractivity contribution in [1.29, 1.82) is 0 Å². The molecule has 1 aliphatic carbocycles. The van der Waals surface area contributed by atoms with Crippen molar-refractivity contribution in [1.82, 2.24) is 24.9 Å². The summed E-state index contributed by atoms with van der Waals surface area (Å²) in [5, 5.41) is 23.2. The zero-order chi connectivity index (χ0) is 28.5. The Morgan fingerprint density at radius 2 is 1.61 bits per heavy atom. The zero-order valence-electron chi connectivity index (χ0n) is 20.2. The number of aliphatic carboxylic acids is 2. The molecule has 0 radical (unpaired) electrons. The third-order valence-corrected chi connectivity index (χ3v) is 5.38. The van der Waals surface area contributed by atoms with Gasteiger partial charge in [0.2, 0.25) is 0 Å². The number of pyridine rings is 1. The number of carboxylic acid groups (broad SMARTS) is 2. The van der Waals surface area contributed by atoms with Crippen LogP contribution in [0.3, 0.4) is 0 Å². The highest BCUT2D eigenvalue weighted by Gasteiger charge is 2.39. The standard InChI is InChI=1S/C18H25N5O.2C2HF3O2/c1-2-24-13-16-11-22(9-15-5-7-19-8-6-15)12-17-18(16)23(21-20-17)10-14-3-4-14;2*3-2(4,5)1(6)7/h5-8,14,16H,2-4,9-13H2,1H3;2*(H,6,7). The summed E-state index contributed by atoms with van der Waals surface area (Å²) in [6.45, 7) is 7.35. The summed E-state index contributed by atoms with van der Waals surface area (Å²) in [7, 11) is 0. The van der Waals surface area contributed by atoms with Crippen LogP contribution in [0.25, 0.3) is 0 Å². The Kier molecular flexibility index (Phi) is 11.0. The van der Waals surface area contributed by atoms with Gasteiger partial charge in [0.15, 0.2) is 0 Å². The number of rotatable bonds is 7. The lowest BCUT2D eigenvalue weighted by atomic mass is 9.98. The maximum Gasteiger partial charge on any atom is 0.490 e. The van der Waals surface area contributed by atoms with Crippen LogP contribution in [-0.4, -0.2) is 79.1 Å². The molecule has 2 N–H and O–H groups in total. The van der Waals surface area contributed by atoms with Gasteiger partial charge in [0.25, 0.3) is 0 Å². The van der Waals surface area contributed by atoms with E-state index in [9.17, 15) is 26.3 Å². The predicted octanol–water partition coefficient (Wildman–Crippen LogP) is 3.49. The van der Waals surface area contributed by atoms with E-state index in [4.69, 9.17) is 24.5 Å². The van der Waals surface area contributed by atoms with Crippen molar-refractivity contribution in [3.63, 3.8) is 0 Å². The molecule has 38 heavy (non-hydrogen) atoms. The molecule has 0 spiro atoms. The number of nitrogens with zero attached hydrogens (tertiary/aromatic N) is 5. The van der Waals surface area contributed by atoms with Crippen molar-refractivity contribution in [3.05, 3.63) is 41.5 Å². The molecule has 0 amide bonds. The van der Waals surface area contributed by atoms with Gasteiger partial charge in [-0.1, -0.05) is 5.21 Å². The van der Waals surface area contributed by atoms with Crippen LogP contribution in [0.2, 0.25) is 0 Å². The van der Waals surface area contributed by atoms with Crippen LogP contribution in [0.5, 0.6) is 0 Å². The Bertz CT molecular complexity index is 1020. The monoisotopic (exact) mass is 555 g/mol. The van der Waals surface area contributed by atoms with Crippen LogP contribution >= 0.6 is 0 Å². The van der Waals surface area contributed by atoms with Crippen LogP contribution < -0.4 is 0 Å². The highest BCUT2D eigenvalue weighted by molar-refractivity contribution is 5.73. The molecular formula is C22H27F6N5O5. The Balaban J connectivity index is 0.000000301. The van der Waals surface area contributed by atoms with Crippen LogP contribution in [0.15, 0.2) is 24.5 Å². The molecule has 0 aromatic carbocycles. The van der Waals surface area contributed by atoms with Gasteiger partial charge in [-0.25, -0.2) is 14.3 Å². The highest BCUT2D eigenvalue weighted by Crippen LogP contribution is 2.34. The summed E-state index contributed by atoms with van der Waals surface area (Å²) in [5.74, 6) is -4.36. The molecule has 10 nitrogen and oxygen atoms in total. The average molecular weight is 555 g/mol. The molecule has 2 aromatic heterocycles. The maximum absolute atomic E-state index is 10.6.